The molecule has 0 spiro atoms. The van der Waals surface area contributed by atoms with Crippen LogP contribution in [-0.2, 0) is 9.53 Å². The van der Waals surface area contributed by atoms with Crippen molar-refractivity contribution >= 4 is 5.97 Å². The molecule has 0 saturated carbocycles. The van der Waals surface area contributed by atoms with Crippen molar-refractivity contribution in [2.75, 3.05) is 39.3 Å². The van der Waals surface area contributed by atoms with Gasteiger partial charge >= 0.3 is 5.97 Å². The normalized spacial score (nSPS) is 20.7. The molecule has 0 aromatic carbocycles. The van der Waals surface area contributed by atoms with Gasteiger partial charge in [0.05, 0.1) is 6.54 Å². The predicted octanol–water partition coefficient (Wildman–Crippen LogP) is 0.293. The maximum Gasteiger partial charge on any atom is 0.320 e. The number of nitrogens with two attached hydrogens (primary N) is 1. The van der Waals surface area contributed by atoms with E-state index in [1.165, 1.54) is 0 Å². The second-order valence-corrected chi connectivity index (χ2v) is 5.98. The standard InChI is InChI=1S/C13H27N3O2/c1-11(9-14)16-7-5-15(6-8-16)10-12(17)18-13(2,3)4/h11H,5-10,14H2,1-4H3. The number of hydrogen-bond donors (Lipinski definition) is 1. The minimum absolute atomic E-state index is 0.136. The quantitative estimate of drug-likeness (QED) is 0.734. The van der Waals surface area contributed by atoms with Crippen molar-refractivity contribution in [3.63, 3.8) is 0 Å². The number of nitrogens with zero attached hydrogens (tertiary/aromatic N) is 2. The molecule has 0 aromatic rings. The van der Waals surface area contributed by atoms with Crippen molar-refractivity contribution in [3.8, 4) is 0 Å². The summed E-state index contributed by atoms with van der Waals surface area (Å²) in [4.78, 5) is 16.2. The minimum Gasteiger partial charge on any atom is -0.459 e. The van der Waals surface area contributed by atoms with Gasteiger partial charge in [-0.15, -0.1) is 0 Å². The summed E-state index contributed by atoms with van der Waals surface area (Å²) in [5.74, 6) is -0.136. The van der Waals surface area contributed by atoms with Crippen LogP contribution in [0, 0.1) is 0 Å². The third-order valence-corrected chi connectivity index (χ3v) is 3.14. The summed E-state index contributed by atoms with van der Waals surface area (Å²) in [5, 5.41) is 0. The molecule has 5 heteroatoms. The Morgan fingerprint density at radius 2 is 1.83 bits per heavy atom. The van der Waals surface area contributed by atoms with E-state index < -0.39 is 5.60 Å². The molecule has 106 valence electrons. The molecule has 0 aromatic heterocycles. The zero-order valence-corrected chi connectivity index (χ0v) is 12.1. The molecule has 0 amide bonds. The molecule has 1 atom stereocenters. The molecule has 0 aliphatic carbocycles. The zero-order valence-electron chi connectivity index (χ0n) is 12.1. The van der Waals surface area contributed by atoms with Gasteiger partial charge in [-0.25, -0.2) is 0 Å². The van der Waals surface area contributed by atoms with Gasteiger partial charge < -0.3 is 10.5 Å². The fourth-order valence-electron chi connectivity index (χ4n) is 2.07. The fraction of sp³-hybridized carbons (Fsp3) is 0.923. The molecule has 1 saturated heterocycles. The number of hydrogen-bond acceptors (Lipinski definition) is 5. The van der Waals surface area contributed by atoms with Crippen LogP contribution >= 0.6 is 0 Å². The van der Waals surface area contributed by atoms with Crippen LogP contribution in [0.1, 0.15) is 27.7 Å². The van der Waals surface area contributed by atoms with Gasteiger partial charge in [-0.1, -0.05) is 0 Å². The van der Waals surface area contributed by atoms with E-state index >= 15 is 0 Å². The summed E-state index contributed by atoms with van der Waals surface area (Å²) in [6, 6.07) is 0.425. The number of rotatable bonds is 4. The van der Waals surface area contributed by atoms with Gasteiger partial charge in [0.15, 0.2) is 0 Å². The average Bonchev–Trinajstić information content (AvgIpc) is 2.26. The first-order valence-electron chi connectivity index (χ1n) is 6.70. The largest absolute Gasteiger partial charge is 0.459 e. The van der Waals surface area contributed by atoms with Gasteiger partial charge in [0, 0.05) is 38.8 Å². The summed E-state index contributed by atoms with van der Waals surface area (Å²) < 4.78 is 5.32. The number of esters is 1. The monoisotopic (exact) mass is 257 g/mol. The maximum atomic E-state index is 11.7. The van der Waals surface area contributed by atoms with Crippen molar-refractivity contribution in [1.82, 2.24) is 9.80 Å². The van der Waals surface area contributed by atoms with E-state index in [9.17, 15) is 4.79 Å². The molecule has 1 unspecified atom stereocenters. The van der Waals surface area contributed by atoms with Gasteiger partial charge in [0.2, 0.25) is 0 Å². The van der Waals surface area contributed by atoms with Gasteiger partial charge in [0.25, 0.3) is 0 Å². The van der Waals surface area contributed by atoms with Crippen LogP contribution in [-0.4, -0.2) is 66.7 Å². The van der Waals surface area contributed by atoms with E-state index in [0.29, 0.717) is 19.1 Å². The highest BCUT2D eigenvalue weighted by molar-refractivity contribution is 5.72. The lowest BCUT2D eigenvalue weighted by Gasteiger charge is -2.37. The molecule has 1 aliphatic heterocycles. The molecule has 1 rings (SSSR count). The van der Waals surface area contributed by atoms with Crippen LogP contribution < -0.4 is 5.73 Å². The van der Waals surface area contributed by atoms with Gasteiger partial charge in [0.1, 0.15) is 5.60 Å². The van der Waals surface area contributed by atoms with E-state index in [1.807, 2.05) is 20.8 Å². The number of carbonyl (C=O) groups is 1. The van der Waals surface area contributed by atoms with Crippen LogP contribution in [0.15, 0.2) is 0 Å². The van der Waals surface area contributed by atoms with Crippen molar-refractivity contribution in [1.29, 1.82) is 0 Å². The first-order valence-corrected chi connectivity index (χ1v) is 6.70. The van der Waals surface area contributed by atoms with E-state index in [2.05, 4.69) is 16.7 Å². The molecule has 2 N–H and O–H groups in total. The molecular weight excluding hydrogens is 230 g/mol. The molecular formula is C13H27N3O2. The third-order valence-electron chi connectivity index (χ3n) is 3.14. The first kappa shape index (κ1) is 15.4. The van der Waals surface area contributed by atoms with Crippen LogP contribution in [0.2, 0.25) is 0 Å². The Labute approximate surface area is 110 Å². The Balaban J connectivity index is 2.29. The van der Waals surface area contributed by atoms with E-state index in [0.717, 1.165) is 26.2 Å². The van der Waals surface area contributed by atoms with Crippen LogP contribution in [0.5, 0.6) is 0 Å². The summed E-state index contributed by atoms with van der Waals surface area (Å²) in [7, 11) is 0. The van der Waals surface area contributed by atoms with Crippen molar-refractivity contribution < 1.29 is 9.53 Å². The van der Waals surface area contributed by atoms with Crippen LogP contribution in [0.4, 0.5) is 0 Å². The van der Waals surface area contributed by atoms with E-state index in [-0.39, 0.29) is 5.97 Å². The lowest BCUT2D eigenvalue weighted by atomic mass is 10.2. The molecule has 5 nitrogen and oxygen atoms in total. The second kappa shape index (κ2) is 6.50. The smallest absolute Gasteiger partial charge is 0.320 e. The van der Waals surface area contributed by atoms with Gasteiger partial charge in [-0.3, -0.25) is 14.6 Å². The van der Waals surface area contributed by atoms with Crippen molar-refractivity contribution in [2.24, 2.45) is 5.73 Å². The highest BCUT2D eigenvalue weighted by Crippen LogP contribution is 2.09. The lowest BCUT2D eigenvalue weighted by molar-refractivity contribution is -0.156. The molecule has 0 radical (unpaired) electrons. The van der Waals surface area contributed by atoms with Gasteiger partial charge in [-0.2, -0.15) is 0 Å². The summed E-state index contributed by atoms with van der Waals surface area (Å²) in [6.07, 6.45) is 0. The van der Waals surface area contributed by atoms with Crippen LogP contribution in [0.3, 0.4) is 0 Å². The fourth-order valence-corrected chi connectivity index (χ4v) is 2.07. The van der Waals surface area contributed by atoms with Crippen molar-refractivity contribution in [2.45, 2.75) is 39.3 Å². The topological polar surface area (TPSA) is 58.8 Å². The second-order valence-electron chi connectivity index (χ2n) is 5.98. The highest BCUT2D eigenvalue weighted by Gasteiger charge is 2.23. The number of carbonyl (C=O) groups excluding carboxylic acids is 1. The molecule has 0 bridgehead atoms. The SMILES string of the molecule is CC(CN)N1CCN(CC(=O)OC(C)(C)C)CC1. The minimum atomic E-state index is -0.396. The Hall–Kier alpha value is -0.650. The van der Waals surface area contributed by atoms with E-state index in [4.69, 9.17) is 10.5 Å². The average molecular weight is 257 g/mol. The lowest BCUT2D eigenvalue weighted by Crippen LogP contribution is -2.52. The summed E-state index contributed by atoms with van der Waals surface area (Å²) in [6.45, 7) is 12.7. The Morgan fingerprint density at radius 3 is 2.28 bits per heavy atom. The van der Waals surface area contributed by atoms with E-state index in [1.54, 1.807) is 0 Å². The van der Waals surface area contributed by atoms with Gasteiger partial charge in [-0.05, 0) is 27.7 Å². The molecule has 1 fully saturated rings. The van der Waals surface area contributed by atoms with Crippen molar-refractivity contribution in [3.05, 3.63) is 0 Å². The Morgan fingerprint density at radius 1 is 1.28 bits per heavy atom. The third kappa shape index (κ3) is 5.33. The molecule has 18 heavy (non-hydrogen) atoms. The molecule has 1 aliphatic rings. The van der Waals surface area contributed by atoms with Crippen LogP contribution in [0.25, 0.3) is 0 Å². The highest BCUT2D eigenvalue weighted by atomic mass is 16.6. The number of ether oxygens (including phenoxy) is 1. The molecule has 1 heterocycles. The Bertz CT molecular complexity index is 268. The summed E-state index contributed by atoms with van der Waals surface area (Å²) >= 11 is 0. The predicted molar refractivity (Wildman–Crippen MR) is 72.4 cm³/mol. The summed E-state index contributed by atoms with van der Waals surface area (Å²) in [5.41, 5.74) is 5.26. The zero-order chi connectivity index (χ0) is 13.8. The first-order chi connectivity index (χ1) is 8.31. The maximum absolute atomic E-state index is 11.7. The number of piperazine rings is 1. The Kier molecular flexibility index (Phi) is 5.56.